The van der Waals surface area contributed by atoms with Gasteiger partial charge < -0.3 is 9.73 Å². The van der Waals surface area contributed by atoms with Crippen LogP contribution in [0.5, 0.6) is 0 Å². The molecule has 29 heavy (non-hydrogen) atoms. The van der Waals surface area contributed by atoms with E-state index >= 15 is 0 Å². The Labute approximate surface area is 174 Å². The van der Waals surface area contributed by atoms with Crippen LogP contribution in [0.4, 0.5) is 5.69 Å². The fourth-order valence-corrected chi connectivity index (χ4v) is 4.26. The number of carbonyl (C=O) groups excluding carboxylic acids is 1. The second-order valence-corrected chi connectivity index (χ2v) is 9.35. The summed E-state index contributed by atoms with van der Waals surface area (Å²) >= 11 is 6.03. The van der Waals surface area contributed by atoms with Crippen LogP contribution in [0.2, 0.25) is 5.02 Å². The highest BCUT2D eigenvalue weighted by molar-refractivity contribution is 7.91. The van der Waals surface area contributed by atoms with Gasteiger partial charge in [-0.3, -0.25) is 4.79 Å². The van der Waals surface area contributed by atoms with Crippen LogP contribution in [0, 0.1) is 20.8 Å². The van der Waals surface area contributed by atoms with Crippen LogP contribution in [0.15, 0.2) is 46.9 Å². The summed E-state index contributed by atoms with van der Waals surface area (Å²) in [5, 5.41) is 3.05. The monoisotopic (exact) mass is 432 g/mol. The summed E-state index contributed by atoms with van der Waals surface area (Å²) in [6.07, 6.45) is 0. The average molecular weight is 433 g/mol. The van der Waals surface area contributed by atoms with Crippen molar-refractivity contribution in [2.45, 2.75) is 26.5 Å². The molecule has 0 aliphatic carbocycles. The van der Waals surface area contributed by atoms with E-state index in [0.29, 0.717) is 28.1 Å². The maximum atomic E-state index is 12.5. The highest BCUT2D eigenvalue weighted by atomic mass is 35.5. The minimum Gasteiger partial charge on any atom is -0.441 e. The topological polar surface area (TPSA) is 89.3 Å². The molecule has 0 radical (unpaired) electrons. The van der Waals surface area contributed by atoms with Gasteiger partial charge in [0.15, 0.2) is 9.84 Å². The van der Waals surface area contributed by atoms with Gasteiger partial charge >= 0.3 is 0 Å². The number of nitrogens with zero attached hydrogens (tertiary/aromatic N) is 1. The van der Waals surface area contributed by atoms with Gasteiger partial charge in [0, 0.05) is 16.3 Å². The average Bonchev–Trinajstić information content (AvgIpc) is 2.97. The minimum absolute atomic E-state index is 0.300. The molecule has 0 fully saturated rings. The number of anilines is 1. The normalized spacial score (nSPS) is 11.4. The first-order chi connectivity index (χ1) is 13.6. The Morgan fingerprint density at radius 2 is 1.83 bits per heavy atom. The molecule has 0 atom stereocenters. The molecule has 8 heteroatoms. The quantitative estimate of drug-likeness (QED) is 0.620. The van der Waals surface area contributed by atoms with Gasteiger partial charge in [0.05, 0.1) is 11.4 Å². The molecule has 2 aromatic carbocycles. The van der Waals surface area contributed by atoms with E-state index in [9.17, 15) is 13.2 Å². The first-order valence-electron chi connectivity index (χ1n) is 8.93. The van der Waals surface area contributed by atoms with E-state index in [0.717, 1.165) is 16.7 Å². The molecule has 152 valence electrons. The van der Waals surface area contributed by atoms with Gasteiger partial charge in [-0.15, -0.1) is 0 Å². The number of halogens is 1. The molecule has 1 amide bonds. The predicted molar refractivity (Wildman–Crippen MR) is 114 cm³/mol. The van der Waals surface area contributed by atoms with Crippen molar-refractivity contribution < 1.29 is 17.6 Å². The molecule has 0 aliphatic heterocycles. The maximum Gasteiger partial charge on any atom is 0.239 e. The lowest BCUT2D eigenvalue weighted by atomic mass is 10.1. The number of nitrogens with one attached hydrogen (secondary N) is 1. The molecule has 3 rings (SSSR count). The number of aromatic nitrogens is 1. The van der Waals surface area contributed by atoms with Crippen molar-refractivity contribution in [2.24, 2.45) is 0 Å². The second-order valence-electron chi connectivity index (χ2n) is 6.88. The molecular weight excluding hydrogens is 412 g/mol. The van der Waals surface area contributed by atoms with Crippen LogP contribution >= 0.6 is 11.6 Å². The van der Waals surface area contributed by atoms with E-state index in [4.69, 9.17) is 16.0 Å². The number of aryl methyl sites for hydroxylation is 3. The van der Waals surface area contributed by atoms with Gasteiger partial charge in [-0.2, -0.15) is 0 Å². The van der Waals surface area contributed by atoms with Crippen LogP contribution in [-0.2, 0) is 20.4 Å². The zero-order chi connectivity index (χ0) is 21.2. The number of benzene rings is 2. The largest absolute Gasteiger partial charge is 0.441 e. The lowest BCUT2D eigenvalue weighted by Gasteiger charge is -2.07. The SMILES string of the molecule is Cc1ccc(NC(=O)CS(=O)(=O)Cc2nc(-c3ccccc3C)oc2C)cc1Cl. The van der Waals surface area contributed by atoms with E-state index in [1.54, 1.807) is 25.1 Å². The number of rotatable bonds is 6. The Morgan fingerprint density at radius 1 is 1.10 bits per heavy atom. The molecule has 1 N–H and O–H groups in total. The fraction of sp³-hybridized carbons (Fsp3) is 0.238. The van der Waals surface area contributed by atoms with Crippen molar-refractivity contribution in [3.8, 4) is 11.5 Å². The van der Waals surface area contributed by atoms with E-state index in [2.05, 4.69) is 10.3 Å². The predicted octanol–water partition coefficient (Wildman–Crippen LogP) is 4.47. The first kappa shape index (κ1) is 21.1. The second kappa shape index (κ2) is 8.39. The molecule has 0 bridgehead atoms. The standard InChI is InChI=1S/C21H21ClN2O4S/c1-13-6-4-5-7-17(13)21-24-19(15(3)28-21)11-29(26,27)12-20(25)23-16-9-8-14(2)18(22)10-16/h4-10H,11-12H2,1-3H3,(H,23,25). The van der Waals surface area contributed by atoms with E-state index in [1.165, 1.54) is 0 Å². The molecule has 6 nitrogen and oxygen atoms in total. The first-order valence-corrected chi connectivity index (χ1v) is 11.1. The van der Waals surface area contributed by atoms with Crippen LogP contribution in [-0.4, -0.2) is 25.1 Å². The van der Waals surface area contributed by atoms with E-state index < -0.39 is 21.5 Å². The third-order valence-electron chi connectivity index (χ3n) is 4.43. The highest BCUT2D eigenvalue weighted by Crippen LogP contribution is 2.26. The minimum atomic E-state index is -3.74. The van der Waals surface area contributed by atoms with Crippen molar-refractivity contribution in [2.75, 3.05) is 11.1 Å². The molecular formula is C21H21ClN2O4S. The van der Waals surface area contributed by atoms with Crippen LogP contribution in [0.25, 0.3) is 11.5 Å². The molecule has 0 saturated carbocycles. The number of oxazole rings is 1. The van der Waals surface area contributed by atoms with Crippen LogP contribution in [0.1, 0.15) is 22.6 Å². The summed E-state index contributed by atoms with van der Waals surface area (Å²) in [6, 6.07) is 12.5. The number of hydrogen-bond acceptors (Lipinski definition) is 5. The molecule has 3 aromatic rings. The Kier molecular flexibility index (Phi) is 6.10. The van der Waals surface area contributed by atoms with Crippen molar-refractivity contribution >= 4 is 33.0 Å². The Bertz CT molecular complexity index is 1170. The van der Waals surface area contributed by atoms with Crippen molar-refractivity contribution in [1.82, 2.24) is 4.98 Å². The van der Waals surface area contributed by atoms with Crippen LogP contribution in [0.3, 0.4) is 0 Å². The van der Waals surface area contributed by atoms with Gasteiger partial charge in [0.25, 0.3) is 0 Å². The summed E-state index contributed by atoms with van der Waals surface area (Å²) in [7, 11) is -3.74. The Morgan fingerprint density at radius 3 is 2.52 bits per heavy atom. The summed E-state index contributed by atoms with van der Waals surface area (Å²) < 4.78 is 30.7. The number of carbonyl (C=O) groups is 1. The number of amides is 1. The summed E-state index contributed by atoms with van der Waals surface area (Å²) in [5.41, 5.74) is 3.38. The van der Waals surface area contributed by atoms with Gasteiger partial charge in [-0.05, 0) is 50.1 Å². The van der Waals surface area contributed by atoms with Gasteiger partial charge in [0.2, 0.25) is 11.8 Å². The third-order valence-corrected chi connectivity index (χ3v) is 6.25. The zero-order valence-corrected chi connectivity index (χ0v) is 17.9. The molecule has 0 unspecified atom stereocenters. The van der Waals surface area contributed by atoms with Crippen molar-refractivity contribution in [3.63, 3.8) is 0 Å². The van der Waals surface area contributed by atoms with E-state index in [1.807, 2.05) is 38.1 Å². The lowest BCUT2D eigenvalue weighted by Crippen LogP contribution is -2.24. The fourth-order valence-electron chi connectivity index (χ4n) is 2.82. The van der Waals surface area contributed by atoms with Gasteiger partial charge in [-0.25, -0.2) is 13.4 Å². The molecule has 0 spiro atoms. The lowest BCUT2D eigenvalue weighted by molar-refractivity contribution is -0.113. The van der Waals surface area contributed by atoms with Crippen LogP contribution < -0.4 is 5.32 Å². The van der Waals surface area contributed by atoms with Crippen molar-refractivity contribution in [3.05, 3.63) is 70.1 Å². The molecule has 1 aromatic heterocycles. The third kappa shape index (κ3) is 5.25. The van der Waals surface area contributed by atoms with Gasteiger partial charge in [0.1, 0.15) is 11.5 Å². The van der Waals surface area contributed by atoms with Crippen molar-refractivity contribution in [1.29, 1.82) is 0 Å². The molecule has 0 aliphatic rings. The molecule has 0 saturated heterocycles. The Hall–Kier alpha value is -2.64. The molecule has 1 heterocycles. The smallest absolute Gasteiger partial charge is 0.239 e. The van der Waals surface area contributed by atoms with Gasteiger partial charge in [-0.1, -0.05) is 35.9 Å². The Balaban J connectivity index is 1.71. The number of hydrogen-bond donors (Lipinski definition) is 1. The zero-order valence-electron chi connectivity index (χ0n) is 16.3. The highest BCUT2D eigenvalue weighted by Gasteiger charge is 2.22. The summed E-state index contributed by atoms with van der Waals surface area (Å²) in [5.74, 6) is -0.895. The maximum absolute atomic E-state index is 12.5. The number of sulfone groups is 1. The summed E-state index contributed by atoms with van der Waals surface area (Å²) in [4.78, 5) is 16.5. The van der Waals surface area contributed by atoms with E-state index in [-0.39, 0.29) is 5.75 Å². The summed E-state index contributed by atoms with van der Waals surface area (Å²) in [6.45, 7) is 5.42.